The van der Waals surface area contributed by atoms with Crippen LogP contribution in [-0.2, 0) is 4.79 Å². The van der Waals surface area contributed by atoms with Gasteiger partial charge in [0.2, 0.25) is 0 Å². The molecule has 0 aliphatic heterocycles. The van der Waals surface area contributed by atoms with Crippen LogP contribution in [0.1, 0.15) is 12.5 Å². The summed E-state index contributed by atoms with van der Waals surface area (Å²) in [5.41, 5.74) is 1.11. The first-order valence-corrected chi connectivity index (χ1v) is 7.59. The van der Waals surface area contributed by atoms with Crippen molar-refractivity contribution in [3.8, 4) is 11.8 Å². The smallest absolute Gasteiger partial charge is 0.265 e. The normalized spacial score (nSPS) is 11.4. The van der Waals surface area contributed by atoms with Gasteiger partial charge in [-0.1, -0.05) is 27.5 Å². The Hall–Kier alpha value is -2.03. The number of hydrogen-bond acceptors (Lipinski definition) is 3. The number of halogens is 2. The van der Waals surface area contributed by atoms with Gasteiger partial charge in [0.1, 0.15) is 5.75 Å². The quantitative estimate of drug-likeness (QED) is 0.857. The molecule has 1 atom stereocenters. The molecule has 4 nitrogen and oxygen atoms in total. The zero-order valence-corrected chi connectivity index (χ0v) is 14.0. The van der Waals surface area contributed by atoms with Crippen molar-refractivity contribution in [2.45, 2.75) is 13.0 Å². The third-order valence-electron chi connectivity index (χ3n) is 2.85. The van der Waals surface area contributed by atoms with Crippen LogP contribution in [0.4, 0.5) is 5.69 Å². The van der Waals surface area contributed by atoms with Crippen molar-refractivity contribution in [1.29, 1.82) is 5.26 Å². The fourth-order valence-electron chi connectivity index (χ4n) is 1.69. The van der Waals surface area contributed by atoms with Crippen molar-refractivity contribution in [1.82, 2.24) is 0 Å². The molecule has 0 saturated carbocycles. The lowest BCUT2D eigenvalue weighted by molar-refractivity contribution is -0.122. The van der Waals surface area contributed by atoms with Gasteiger partial charge in [0, 0.05) is 10.2 Å². The SMILES string of the molecule is C[C@H](Oc1ccc(C#N)cc1Cl)C(=O)Nc1ccc(Br)cc1. The number of hydrogen-bond donors (Lipinski definition) is 1. The van der Waals surface area contributed by atoms with E-state index in [9.17, 15) is 4.79 Å². The van der Waals surface area contributed by atoms with E-state index >= 15 is 0 Å². The highest BCUT2D eigenvalue weighted by molar-refractivity contribution is 9.10. The van der Waals surface area contributed by atoms with Crippen LogP contribution < -0.4 is 10.1 Å². The standard InChI is InChI=1S/C16H12BrClN2O2/c1-10(16(21)20-13-5-3-12(17)4-6-13)22-15-7-2-11(9-19)8-14(15)18/h2-8,10H,1H3,(H,20,21)/t10-/m0/s1. The molecular weight excluding hydrogens is 368 g/mol. The van der Waals surface area contributed by atoms with Gasteiger partial charge in [0.15, 0.2) is 6.10 Å². The molecule has 112 valence electrons. The number of benzene rings is 2. The lowest BCUT2D eigenvalue weighted by Crippen LogP contribution is -2.30. The first-order valence-electron chi connectivity index (χ1n) is 6.42. The van der Waals surface area contributed by atoms with Crippen LogP contribution >= 0.6 is 27.5 Å². The van der Waals surface area contributed by atoms with Gasteiger partial charge in [-0.2, -0.15) is 5.26 Å². The van der Waals surface area contributed by atoms with E-state index < -0.39 is 6.10 Å². The van der Waals surface area contributed by atoms with Crippen LogP contribution in [0.15, 0.2) is 46.9 Å². The zero-order chi connectivity index (χ0) is 16.1. The summed E-state index contributed by atoms with van der Waals surface area (Å²) in [6.07, 6.45) is -0.728. The summed E-state index contributed by atoms with van der Waals surface area (Å²) in [7, 11) is 0. The molecule has 6 heteroatoms. The van der Waals surface area contributed by atoms with E-state index in [1.54, 1.807) is 31.2 Å². The third-order valence-corrected chi connectivity index (χ3v) is 3.67. The first-order chi connectivity index (χ1) is 10.5. The molecule has 0 radical (unpaired) electrons. The lowest BCUT2D eigenvalue weighted by Gasteiger charge is -2.15. The van der Waals surface area contributed by atoms with Crippen molar-refractivity contribution in [3.05, 3.63) is 57.5 Å². The minimum atomic E-state index is -0.728. The Kier molecular flexibility index (Phi) is 5.42. The number of amides is 1. The number of carbonyl (C=O) groups is 1. The van der Waals surface area contributed by atoms with Gasteiger partial charge < -0.3 is 10.1 Å². The van der Waals surface area contributed by atoms with Crippen molar-refractivity contribution in [2.75, 3.05) is 5.32 Å². The van der Waals surface area contributed by atoms with Crippen molar-refractivity contribution < 1.29 is 9.53 Å². The highest BCUT2D eigenvalue weighted by atomic mass is 79.9. The number of anilines is 1. The number of rotatable bonds is 4. The molecule has 2 aromatic rings. The van der Waals surface area contributed by atoms with Crippen LogP contribution in [-0.4, -0.2) is 12.0 Å². The van der Waals surface area contributed by atoms with E-state index in [1.807, 2.05) is 18.2 Å². The monoisotopic (exact) mass is 378 g/mol. The summed E-state index contributed by atoms with van der Waals surface area (Å²) in [5.74, 6) is 0.0712. The summed E-state index contributed by atoms with van der Waals surface area (Å²) < 4.78 is 6.47. The second-order valence-electron chi connectivity index (χ2n) is 4.51. The Bertz CT molecular complexity index is 726. The summed E-state index contributed by atoms with van der Waals surface area (Å²) >= 11 is 9.35. The Morgan fingerprint density at radius 3 is 2.59 bits per heavy atom. The van der Waals surface area contributed by atoms with Gasteiger partial charge in [0.05, 0.1) is 16.7 Å². The zero-order valence-electron chi connectivity index (χ0n) is 11.6. The molecule has 0 heterocycles. The maximum atomic E-state index is 12.1. The first kappa shape index (κ1) is 16.3. The number of nitrogens with zero attached hydrogens (tertiary/aromatic N) is 1. The summed E-state index contributed by atoms with van der Waals surface area (Å²) in [6, 6.07) is 13.9. The molecule has 0 aromatic heterocycles. The van der Waals surface area contributed by atoms with Gasteiger partial charge >= 0.3 is 0 Å². The van der Waals surface area contributed by atoms with E-state index in [0.29, 0.717) is 22.0 Å². The number of ether oxygens (including phenoxy) is 1. The number of nitriles is 1. The fraction of sp³-hybridized carbons (Fsp3) is 0.125. The second-order valence-corrected chi connectivity index (χ2v) is 5.84. The van der Waals surface area contributed by atoms with E-state index in [1.165, 1.54) is 6.07 Å². The Balaban J connectivity index is 2.02. The molecule has 0 bridgehead atoms. The van der Waals surface area contributed by atoms with Gasteiger partial charge in [-0.25, -0.2) is 0 Å². The summed E-state index contributed by atoms with van der Waals surface area (Å²) in [4.78, 5) is 12.1. The highest BCUT2D eigenvalue weighted by Crippen LogP contribution is 2.26. The largest absolute Gasteiger partial charge is 0.479 e. The van der Waals surface area contributed by atoms with Crippen molar-refractivity contribution >= 4 is 39.1 Å². The van der Waals surface area contributed by atoms with Crippen LogP contribution in [0, 0.1) is 11.3 Å². The molecule has 22 heavy (non-hydrogen) atoms. The molecule has 0 aliphatic carbocycles. The minimum Gasteiger partial charge on any atom is -0.479 e. The predicted molar refractivity (Wildman–Crippen MR) is 89.0 cm³/mol. The van der Waals surface area contributed by atoms with Gasteiger partial charge in [-0.3, -0.25) is 4.79 Å². The fourth-order valence-corrected chi connectivity index (χ4v) is 2.18. The Morgan fingerprint density at radius 1 is 1.32 bits per heavy atom. The highest BCUT2D eigenvalue weighted by Gasteiger charge is 2.16. The second kappa shape index (κ2) is 7.30. The average molecular weight is 380 g/mol. The summed E-state index contributed by atoms with van der Waals surface area (Å²) in [6.45, 7) is 1.63. The minimum absolute atomic E-state index is 0.289. The molecule has 0 fully saturated rings. The van der Waals surface area contributed by atoms with Crippen molar-refractivity contribution in [2.24, 2.45) is 0 Å². The summed E-state index contributed by atoms with van der Waals surface area (Å²) in [5, 5.41) is 11.8. The Labute approximate surface area is 141 Å². The van der Waals surface area contributed by atoms with Gasteiger partial charge in [0.25, 0.3) is 5.91 Å². The van der Waals surface area contributed by atoms with Gasteiger partial charge in [-0.15, -0.1) is 0 Å². The van der Waals surface area contributed by atoms with Crippen molar-refractivity contribution in [3.63, 3.8) is 0 Å². The molecule has 2 aromatic carbocycles. The molecular formula is C16H12BrClN2O2. The van der Waals surface area contributed by atoms with E-state index in [-0.39, 0.29) is 5.91 Å². The van der Waals surface area contributed by atoms with Gasteiger partial charge in [-0.05, 0) is 49.4 Å². The molecule has 0 unspecified atom stereocenters. The molecule has 1 N–H and O–H groups in total. The van der Waals surface area contributed by atoms with Crippen LogP contribution in [0.5, 0.6) is 5.75 Å². The molecule has 1 amide bonds. The topological polar surface area (TPSA) is 62.1 Å². The maximum Gasteiger partial charge on any atom is 0.265 e. The molecule has 2 rings (SSSR count). The van der Waals surface area contributed by atoms with E-state index in [2.05, 4.69) is 21.2 Å². The number of nitrogens with one attached hydrogen (secondary N) is 1. The predicted octanol–water partition coefficient (Wildman–Crippen LogP) is 4.38. The maximum absolute atomic E-state index is 12.1. The third kappa shape index (κ3) is 4.23. The average Bonchev–Trinajstić information content (AvgIpc) is 2.51. The number of carbonyl (C=O) groups excluding carboxylic acids is 1. The lowest BCUT2D eigenvalue weighted by atomic mass is 10.2. The van der Waals surface area contributed by atoms with Crippen LogP contribution in [0.3, 0.4) is 0 Å². The van der Waals surface area contributed by atoms with E-state index in [4.69, 9.17) is 21.6 Å². The molecule has 0 aliphatic rings. The molecule has 0 spiro atoms. The van der Waals surface area contributed by atoms with Crippen LogP contribution in [0.2, 0.25) is 5.02 Å². The Morgan fingerprint density at radius 2 is 2.00 bits per heavy atom. The van der Waals surface area contributed by atoms with E-state index in [0.717, 1.165) is 4.47 Å². The van der Waals surface area contributed by atoms with Crippen LogP contribution in [0.25, 0.3) is 0 Å². The molecule has 0 saturated heterocycles.